The maximum Gasteiger partial charge on any atom is 0.0576 e. The lowest BCUT2D eigenvalue weighted by Crippen LogP contribution is -2.32. The first-order valence-electron chi connectivity index (χ1n) is 8.10. The summed E-state index contributed by atoms with van der Waals surface area (Å²) in [5.74, 6) is 0.641. The van der Waals surface area contributed by atoms with E-state index in [1.54, 1.807) is 7.11 Å². The fourth-order valence-corrected chi connectivity index (χ4v) is 2.95. The van der Waals surface area contributed by atoms with Gasteiger partial charge in [0.05, 0.1) is 6.10 Å². The molecule has 3 atom stereocenters. The Balaban J connectivity index is 2.18. The maximum atomic E-state index is 5.70. The van der Waals surface area contributed by atoms with Gasteiger partial charge in [-0.2, -0.15) is 0 Å². The summed E-state index contributed by atoms with van der Waals surface area (Å²) in [5, 5.41) is 3.69. The van der Waals surface area contributed by atoms with Crippen molar-refractivity contribution in [3.8, 4) is 0 Å². The Bertz CT molecular complexity index is 205. The van der Waals surface area contributed by atoms with Crippen LogP contribution in [0.1, 0.15) is 58.8 Å². The lowest BCUT2D eigenvalue weighted by molar-refractivity contribution is 0.100. The zero-order valence-corrected chi connectivity index (χ0v) is 13.1. The highest BCUT2D eigenvalue weighted by Crippen LogP contribution is 2.19. The van der Waals surface area contributed by atoms with Crippen LogP contribution in [0.15, 0.2) is 0 Å². The van der Waals surface area contributed by atoms with Crippen LogP contribution >= 0.6 is 0 Å². The van der Waals surface area contributed by atoms with Gasteiger partial charge in [0, 0.05) is 26.4 Å². The summed E-state index contributed by atoms with van der Waals surface area (Å²) < 4.78 is 10.9. The minimum absolute atomic E-state index is 0.545. The standard InChI is InChI=1S/C16H33NO2/c1-4-10-17-15(12-14(2)13-18-3)7-5-8-16-9-6-11-19-16/h14-17H,4-13H2,1-3H3. The summed E-state index contributed by atoms with van der Waals surface area (Å²) in [5.41, 5.74) is 0. The highest BCUT2D eigenvalue weighted by atomic mass is 16.5. The number of hydrogen-bond donors (Lipinski definition) is 1. The van der Waals surface area contributed by atoms with Crippen LogP contribution in [0.3, 0.4) is 0 Å². The van der Waals surface area contributed by atoms with Gasteiger partial charge in [0.2, 0.25) is 0 Å². The molecular formula is C16H33NO2. The van der Waals surface area contributed by atoms with Gasteiger partial charge in [-0.25, -0.2) is 0 Å². The second kappa shape index (κ2) is 10.6. The van der Waals surface area contributed by atoms with Crippen LogP contribution in [0.4, 0.5) is 0 Å². The van der Waals surface area contributed by atoms with Gasteiger partial charge in [-0.05, 0) is 57.4 Å². The van der Waals surface area contributed by atoms with E-state index in [1.165, 1.54) is 44.9 Å². The largest absolute Gasteiger partial charge is 0.384 e. The smallest absolute Gasteiger partial charge is 0.0576 e. The molecule has 0 bridgehead atoms. The fraction of sp³-hybridized carbons (Fsp3) is 1.00. The number of rotatable bonds is 11. The van der Waals surface area contributed by atoms with E-state index in [0.29, 0.717) is 18.1 Å². The Morgan fingerprint density at radius 3 is 2.89 bits per heavy atom. The predicted molar refractivity (Wildman–Crippen MR) is 80.6 cm³/mol. The first-order chi connectivity index (χ1) is 9.26. The van der Waals surface area contributed by atoms with E-state index in [-0.39, 0.29) is 0 Å². The third kappa shape index (κ3) is 7.91. The molecule has 19 heavy (non-hydrogen) atoms. The molecule has 0 radical (unpaired) electrons. The summed E-state index contributed by atoms with van der Waals surface area (Å²) in [6.45, 7) is 7.49. The Morgan fingerprint density at radius 2 is 2.26 bits per heavy atom. The molecule has 3 nitrogen and oxygen atoms in total. The van der Waals surface area contributed by atoms with Crippen LogP contribution in [0.2, 0.25) is 0 Å². The van der Waals surface area contributed by atoms with Gasteiger partial charge in [0.15, 0.2) is 0 Å². The monoisotopic (exact) mass is 271 g/mol. The average Bonchev–Trinajstić information content (AvgIpc) is 2.89. The molecule has 1 aliphatic rings. The van der Waals surface area contributed by atoms with Crippen molar-refractivity contribution >= 4 is 0 Å². The summed E-state index contributed by atoms with van der Waals surface area (Å²) in [6.07, 6.45) is 9.30. The average molecular weight is 271 g/mol. The molecule has 0 aromatic carbocycles. The molecule has 0 aliphatic carbocycles. The van der Waals surface area contributed by atoms with Crippen molar-refractivity contribution in [3.63, 3.8) is 0 Å². The van der Waals surface area contributed by atoms with Crippen LogP contribution in [0.5, 0.6) is 0 Å². The van der Waals surface area contributed by atoms with Crippen molar-refractivity contribution in [2.75, 3.05) is 26.9 Å². The van der Waals surface area contributed by atoms with Crippen molar-refractivity contribution < 1.29 is 9.47 Å². The Kier molecular flexibility index (Phi) is 9.48. The van der Waals surface area contributed by atoms with Gasteiger partial charge in [0.25, 0.3) is 0 Å². The molecule has 114 valence electrons. The van der Waals surface area contributed by atoms with E-state index in [2.05, 4.69) is 19.2 Å². The Morgan fingerprint density at radius 1 is 1.42 bits per heavy atom. The maximum absolute atomic E-state index is 5.70. The van der Waals surface area contributed by atoms with Gasteiger partial charge in [-0.3, -0.25) is 0 Å². The molecule has 0 aromatic rings. The minimum atomic E-state index is 0.545. The summed E-state index contributed by atoms with van der Waals surface area (Å²) in [6, 6.07) is 0.645. The van der Waals surface area contributed by atoms with Crippen molar-refractivity contribution in [3.05, 3.63) is 0 Å². The van der Waals surface area contributed by atoms with E-state index < -0.39 is 0 Å². The third-order valence-electron chi connectivity index (χ3n) is 3.92. The molecule has 0 spiro atoms. The summed E-state index contributed by atoms with van der Waals surface area (Å²) in [4.78, 5) is 0. The second-order valence-electron chi connectivity index (χ2n) is 6.01. The van der Waals surface area contributed by atoms with E-state index >= 15 is 0 Å². The number of methoxy groups -OCH3 is 1. The summed E-state index contributed by atoms with van der Waals surface area (Å²) >= 11 is 0. The Hall–Kier alpha value is -0.120. The van der Waals surface area contributed by atoms with Crippen LogP contribution in [-0.4, -0.2) is 39.0 Å². The van der Waals surface area contributed by atoms with E-state index in [9.17, 15) is 0 Å². The van der Waals surface area contributed by atoms with Gasteiger partial charge >= 0.3 is 0 Å². The molecule has 3 unspecified atom stereocenters. The van der Waals surface area contributed by atoms with Crippen molar-refractivity contribution in [2.24, 2.45) is 5.92 Å². The van der Waals surface area contributed by atoms with Gasteiger partial charge in [-0.1, -0.05) is 13.8 Å². The van der Waals surface area contributed by atoms with Crippen molar-refractivity contribution in [1.82, 2.24) is 5.32 Å². The zero-order chi connectivity index (χ0) is 13.9. The van der Waals surface area contributed by atoms with Crippen molar-refractivity contribution in [2.45, 2.75) is 70.9 Å². The second-order valence-corrected chi connectivity index (χ2v) is 6.01. The molecular weight excluding hydrogens is 238 g/mol. The SMILES string of the molecule is CCCNC(CCCC1CCCO1)CC(C)COC. The first kappa shape index (κ1) is 16.9. The van der Waals surface area contributed by atoms with Crippen LogP contribution in [0, 0.1) is 5.92 Å². The zero-order valence-electron chi connectivity index (χ0n) is 13.1. The number of nitrogens with one attached hydrogen (secondary N) is 1. The first-order valence-corrected chi connectivity index (χ1v) is 8.10. The topological polar surface area (TPSA) is 30.5 Å². The van der Waals surface area contributed by atoms with E-state index in [1.807, 2.05) is 0 Å². The third-order valence-corrected chi connectivity index (χ3v) is 3.92. The highest BCUT2D eigenvalue weighted by molar-refractivity contribution is 4.72. The van der Waals surface area contributed by atoms with E-state index in [4.69, 9.17) is 9.47 Å². The lowest BCUT2D eigenvalue weighted by Gasteiger charge is -2.22. The quantitative estimate of drug-likeness (QED) is 0.625. The van der Waals surface area contributed by atoms with E-state index in [0.717, 1.165) is 19.8 Å². The molecule has 0 amide bonds. The predicted octanol–water partition coefficient (Wildman–Crippen LogP) is 3.38. The molecule has 0 aromatic heterocycles. The van der Waals surface area contributed by atoms with Crippen LogP contribution in [-0.2, 0) is 9.47 Å². The number of hydrogen-bond acceptors (Lipinski definition) is 3. The van der Waals surface area contributed by atoms with Crippen LogP contribution in [0.25, 0.3) is 0 Å². The number of ether oxygens (including phenoxy) is 2. The van der Waals surface area contributed by atoms with Gasteiger partial charge < -0.3 is 14.8 Å². The molecule has 3 heteroatoms. The molecule has 0 saturated carbocycles. The fourth-order valence-electron chi connectivity index (χ4n) is 2.95. The van der Waals surface area contributed by atoms with Crippen molar-refractivity contribution in [1.29, 1.82) is 0 Å². The van der Waals surface area contributed by atoms with Crippen LogP contribution < -0.4 is 5.32 Å². The molecule has 1 aliphatic heterocycles. The summed E-state index contributed by atoms with van der Waals surface area (Å²) in [7, 11) is 1.79. The molecule has 1 fully saturated rings. The van der Waals surface area contributed by atoms with Gasteiger partial charge in [0.1, 0.15) is 0 Å². The molecule has 1 rings (SSSR count). The Labute approximate surface area is 119 Å². The highest BCUT2D eigenvalue weighted by Gasteiger charge is 2.17. The molecule has 1 N–H and O–H groups in total. The van der Waals surface area contributed by atoms with Gasteiger partial charge in [-0.15, -0.1) is 0 Å². The molecule has 1 heterocycles. The lowest BCUT2D eigenvalue weighted by atomic mass is 9.97. The minimum Gasteiger partial charge on any atom is -0.384 e. The molecule has 1 saturated heterocycles. The normalized spacial score (nSPS) is 22.6.